The summed E-state index contributed by atoms with van der Waals surface area (Å²) in [6.45, 7) is 0.713. The van der Waals surface area contributed by atoms with Gasteiger partial charge >= 0.3 is 0 Å². The van der Waals surface area contributed by atoms with Crippen molar-refractivity contribution in [3.63, 3.8) is 0 Å². The molecular formula is C15H16N2O3. The van der Waals surface area contributed by atoms with E-state index in [-0.39, 0.29) is 18.6 Å². The highest BCUT2D eigenvalue weighted by molar-refractivity contribution is 5.92. The van der Waals surface area contributed by atoms with Crippen molar-refractivity contribution in [2.45, 2.75) is 18.9 Å². The number of hydrogen-bond donors (Lipinski definition) is 1. The van der Waals surface area contributed by atoms with Gasteiger partial charge < -0.3 is 14.4 Å². The average molecular weight is 272 g/mol. The van der Waals surface area contributed by atoms with Gasteiger partial charge in [-0.15, -0.1) is 0 Å². The number of para-hydroxylation sites is 2. The Balaban J connectivity index is 1.74. The van der Waals surface area contributed by atoms with Crippen molar-refractivity contribution in [1.29, 1.82) is 0 Å². The molecule has 1 N–H and O–H groups in total. The largest absolute Gasteiger partial charge is 0.437 e. The van der Waals surface area contributed by atoms with Crippen LogP contribution in [0.1, 0.15) is 18.7 Å². The monoisotopic (exact) mass is 272 g/mol. The summed E-state index contributed by atoms with van der Waals surface area (Å²) in [5, 5.41) is 9.22. The van der Waals surface area contributed by atoms with Crippen LogP contribution in [0.2, 0.25) is 0 Å². The fourth-order valence-electron chi connectivity index (χ4n) is 2.52. The molecule has 5 nitrogen and oxygen atoms in total. The van der Waals surface area contributed by atoms with E-state index < -0.39 is 0 Å². The maximum absolute atomic E-state index is 12.1. The summed E-state index contributed by atoms with van der Waals surface area (Å²) in [6, 6.07) is 7.40. The number of carbonyl (C=O) groups is 1. The zero-order valence-corrected chi connectivity index (χ0v) is 11.0. The second-order valence-electron chi connectivity index (χ2n) is 4.86. The second kappa shape index (κ2) is 5.46. The normalized spacial score (nSPS) is 19.2. The van der Waals surface area contributed by atoms with E-state index in [0.717, 1.165) is 18.4 Å². The summed E-state index contributed by atoms with van der Waals surface area (Å²) in [6.07, 6.45) is 4.83. The van der Waals surface area contributed by atoms with E-state index in [1.54, 1.807) is 11.0 Å². The molecule has 104 valence electrons. The molecule has 1 fully saturated rings. The van der Waals surface area contributed by atoms with Gasteiger partial charge in [0.15, 0.2) is 5.58 Å². The van der Waals surface area contributed by atoms with Crippen LogP contribution in [0.4, 0.5) is 0 Å². The summed E-state index contributed by atoms with van der Waals surface area (Å²) in [5.41, 5.74) is 1.48. The maximum atomic E-state index is 12.1. The number of nitrogens with zero attached hydrogens (tertiary/aromatic N) is 2. The number of carbonyl (C=O) groups excluding carboxylic acids is 1. The first-order valence-corrected chi connectivity index (χ1v) is 6.73. The van der Waals surface area contributed by atoms with E-state index in [4.69, 9.17) is 4.42 Å². The molecule has 1 saturated heterocycles. The van der Waals surface area contributed by atoms with Crippen molar-refractivity contribution >= 4 is 23.1 Å². The molecule has 1 aliphatic heterocycles. The molecule has 2 heterocycles. The molecule has 1 aromatic heterocycles. The molecule has 1 unspecified atom stereocenters. The lowest BCUT2D eigenvalue weighted by Crippen LogP contribution is -2.36. The fraction of sp³-hybridized carbons (Fsp3) is 0.333. The first-order chi connectivity index (χ1) is 9.78. The van der Waals surface area contributed by atoms with Gasteiger partial charge in [0.25, 0.3) is 0 Å². The second-order valence-corrected chi connectivity index (χ2v) is 4.86. The molecule has 1 aliphatic rings. The Kier molecular flexibility index (Phi) is 3.52. The van der Waals surface area contributed by atoms with Gasteiger partial charge in [0, 0.05) is 18.7 Å². The minimum Gasteiger partial charge on any atom is -0.437 e. The number of oxazole rings is 1. The predicted molar refractivity (Wildman–Crippen MR) is 74.9 cm³/mol. The molecule has 0 saturated carbocycles. The highest BCUT2D eigenvalue weighted by Crippen LogP contribution is 2.18. The molecule has 1 aromatic carbocycles. The minimum atomic E-state index is -0.108. The van der Waals surface area contributed by atoms with Crippen LogP contribution < -0.4 is 0 Å². The molecule has 1 amide bonds. The van der Waals surface area contributed by atoms with E-state index in [0.29, 0.717) is 18.0 Å². The predicted octanol–water partition coefficient (Wildman–Crippen LogP) is 1.82. The zero-order chi connectivity index (χ0) is 13.9. The van der Waals surface area contributed by atoms with Gasteiger partial charge in [-0.2, -0.15) is 0 Å². The Morgan fingerprint density at radius 1 is 1.50 bits per heavy atom. The van der Waals surface area contributed by atoms with Crippen molar-refractivity contribution in [1.82, 2.24) is 9.88 Å². The number of benzene rings is 1. The zero-order valence-electron chi connectivity index (χ0n) is 11.0. The summed E-state index contributed by atoms with van der Waals surface area (Å²) in [5.74, 6) is 0.308. The molecule has 5 heteroatoms. The number of rotatable bonds is 3. The summed E-state index contributed by atoms with van der Waals surface area (Å²) in [4.78, 5) is 18.0. The number of aromatic nitrogens is 1. The highest BCUT2D eigenvalue weighted by atomic mass is 16.3. The lowest BCUT2D eigenvalue weighted by Gasteiger charge is -2.21. The summed E-state index contributed by atoms with van der Waals surface area (Å²) >= 11 is 0. The van der Waals surface area contributed by atoms with Gasteiger partial charge in [-0.1, -0.05) is 12.1 Å². The van der Waals surface area contributed by atoms with Gasteiger partial charge in [-0.05, 0) is 25.0 Å². The molecule has 2 aromatic rings. The van der Waals surface area contributed by atoms with Crippen molar-refractivity contribution in [3.05, 3.63) is 36.2 Å². The average Bonchev–Trinajstić information content (AvgIpc) is 3.10. The number of hydrogen-bond acceptors (Lipinski definition) is 4. The molecule has 1 atom stereocenters. The molecule has 0 radical (unpaired) electrons. The number of fused-ring (bicyclic) bond motifs is 1. The van der Waals surface area contributed by atoms with Gasteiger partial charge in [0.1, 0.15) is 5.52 Å². The lowest BCUT2D eigenvalue weighted by molar-refractivity contribution is -0.127. The molecular weight excluding hydrogens is 256 g/mol. The van der Waals surface area contributed by atoms with Crippen molar-refractivity contribution in [2.24, 2.45) is 0 Å². The third-order valence-electron chi connectivity index (χ3n) is 3.55. The number of aliphatic hydroxyl groups excluding tert-OH is 1. The van der Waals surface area contributed by atoms with Crippen LogP contribution in [0.25, 0.3) is 17.2 Å². The van der Waals surface area contributed by atoms with Crippen molar-refractivity contribution in [3.8, 4) is 0 Å². The van der Waals surface area contributed by atoms with Crippen LogP contribution in [-0.4, -0.2) is 40.1 Å². The third kappa shape index (κ3) is 2.44. The fourth-order valence-corrected chi connectivity index (χ4v) is 2.52. The van der Waals surface area contributed by atoms with Gasteiger partial charge in [0.2, 0.25) is 11.8 Å². The molecule has 3 rings (SSSR count). The first-order valence-electron chi connectivity index (χ1n) is 6.73. The van der Waals surface area contributed by atoms with Crippen LogP contribution in [0, 0.1) is 0 Å². The molecule has 0 aliphatic carbocycles. The quantitative estimate of drug-likeness (QED) is 0.866. The van der Waals surface area contributed by atoms with E-state index in [9.17, 15) is 9.90 Å². The Hall–Kier alpha value is -2.14. The van der Waals surface area contributed by atoms with Crippen LogP contribution >= 0.6 is 0 Å². The van der Waals surface area contributed by atoms with E-state index in [1.807, 2.05) is 24.3 Å². The van der Waals surface area contributed by atoms with Crippen LogP contribution in [0.5, 0.6) is 0 Å². The van der Waals surface area contributed by atoms with E-state index in [2.05, 4.69) is 4.98 Å². The third-order valence-corrected chi connectivity index (χ3v) is 3.55. The number of likely N-dealkylation sites (tertiary alicyclic amines) is 1. The summed E-state index contributed by atoms with van der Waals surface area (Å²) < 4.78 is 5.52. The van der Waals surface area contributed by atoms with Gasteiger partial charge in [-0.25, -0.2) is 4.98 Å². The highest BCUT2D eigenvalue weighted by Gasteiger charge is 2.26. The van der Waals surface area contributed by atoms with Crippen LogP contribution in [0.3, 0.4) is 0 Å². The number of amides is 1. The smallest absolute Gasteiger partial charge is 0.247 e. The van der Waals surface area contributed by atoms with Crippen molar-refractivity contribution < 1.29 is 14.3 Å². The SMILES string of the molecule is O=C(C=Cc1nc2ccccc2o1)N1CCCC1CO. The maximum Gasteiger partial charge on any atom is 0.247 e. The van der Waals surface area contributed by atoms with Crippen LogP contribution in [0.15, 0.2) is 34.8 Å². The van der Waals surface area contributed by atoms with E-state index in [1.165, 1.54) is 6.08 Å². The number of aliphatic hydroxyl groups is 1. The van der Waals surface area contributed by atoms with Crippen LogP contribution in [-0.2, 0) is 4.79 Å². The topological polar surface area (TPSA) is 66.6 Å². The Morgan fingerprint density at radius 2 is 2.35 bits per heavy atom. The van der Waals surface area contributed by atoms with Crippen molar-refractivity contribution in [2.75, 3.05) is 13.2 Å². The lowest BCUT2D eigenvalue weighted by atomic mass is 10.2. The molecule has 0 spiro atoms. The summed E-state index contributed by atoms with van der Waals surface area (Å²) in [7, 11) is 0. The minimum absolute atomic E-state index is 0.0163. The van der Waals surface area contributed by atoms with Gasteiger partial charge in [-0.3, -0.25) is 4.79 Å². The Bertz CT molecular complexity index is 614. The van der Waals surface area contributed by atoms with E-state index >= 15 is 0 Å². The molecule has 0 bridgehead atoms. The first kappa shape index (κ1) is 12.9. The van der Waals surface area contributed by atoms with Gasteiger partial charge in [0.05, 0.1) is 12.6 Å². The Labute approximate surface area is 116 Å². The Morgan fingerprint density at radius 3 is 3.15 bits per heavy atom. The molecule has 20 heavy (non-hydrogen) atoms. The standard InChI is InChI=1S/C15H16N2O3/c18-10-11-4-3-9-17(11)15(19)8-7-14-16-12-5-1-2-6-13(12)20-14/h1-2,5-8,11,18H,3-4,9-10H2.